The normalized spacial score (nSPS) is 17.2. The molecule has 1 aliphatic heterocycles. The molecule has 1 aromatic heterocycles. The summed E-state index contributed by atoms with van der Waals surface area (Å²) in [6, 6.07) is 6.01. The third-order valence-corrected chi connectivity index (χ3v) is 5.34. The van der Waals surface area contributed by atoms with Gasteiger partial charge in [-0.15, -0.1) is 0 Å². The van der Waals surface area contributed by atoms with Crippen LogP contribution in [0.1, 0.15) is 53.7 Å². The number of methoxy groups -OCH3 is 1. The van der Waals surface area contributed by atoms with Gasteiger partial charge in [-0.2, -0.15) is 0 Å². The number of ether oxygens (including phenoxy) is 1. The molecule has 0 unspecified atom stereocenters. The molecule has 25 heavy (non-hydrogen) atoms. The number of likely N-dealkylation sites (tertiary alicyclic amines) is 1. The largest absolute Gasteiger partial charge is 0.497 e. The zero-order valence-electron chi connectivity index (χ0n) is 14.7. The van der Waals surface area contributed by atoms with Crippen molar-refractivity contribution in [2.75, 3.05) is 20.2 Å². The number of aromatic nitrogens is 1. The predicted octanol–water partition coefficient (Wildman–Crippen LogP) is 3.86. The second kappa shape index (κ2) is 6.90. The maximum atomic E-state index is 13.0. The quantitative estimate of drug-likeness (QED) is 0.833. The van der Waals surface area contributed by atoms with Crippen LogP contribution < -0.4 is 4.74 Å². The van der Waals surface area contributed by atoms with Crippen LogP contribution in [0.3, 0.4) is 0 Å². The van der Waals surface area contributed by atoms with Crippen molar-refractivity contribution in [1.29, 1.82) is 0 Å². The minimum absolute atomic E-state index is 0.0262. The van der Waals surface area contributed by atoms with Crippen LogP contribution in [0.2, 0.25) is 0 Å². The molecule has 5 nitrogen and oxygen atoms in total. The van der Waals surface area contributed by atoms with Crippen LogP contribution in [-0.2, 0) is 12.8 Å². The summed E-state index contributed by atoms with van der Waals surface area (Å²) in [5.41, 5.74) is 3.67. The number of rotatable bonds is 2. The van der Waals surface area contributed by atoms with E-state index < -0.39 is 0 Å². The molecule has 2 aromatic rings. The molecular formula is C20H24N2O3. The Morgan fingerprint density at radius 1 is 1.12 bits per heavy atom. The third kappa shape index (κ3) is 3.03. The molecular weight excluding hydrogens is 316 g/mol. The zero-order chi connectivity index (χ0) is 17.2. The molecule has 0 atom stereocenters. The van der Waals surface area contributed by atoms with Gasteiger partial charge in [-0.1, -0.05) is 30.5 Å². The van der Waals surface area contributed by atoms with E-state index in [1.54, 1.807) is 7.11 Å². The molecule has 1 fully saturated rings. The Labute approximate surface area is 147 Å². The van der Waals surface area contributed by atoms with Gasteiger partial charge in [-0.05, 0) is 43.4 Å². The van der Waals surface area contributed by atoms with Crippen LogP contribution in [0.5, 0.6) is 5.75 Å². The first kappa shape index (κ1) is 16.2. The fourth-order valence-corrected chi connectivity index (χ4v) is 3.89. The van der Waals surface area contributed by atoms with Gasteiger partial charge in [0, 0.05) is 24.2 Å². The summed E-state index contributed by atoms with van der Waals surface area (Å²) in [6.45, 7) is 1.65. The highest BCUT2D eigenvalue weighted by molar-refractivity contribution is 5.95. The number of fused-ring (bicyclic) bond motifs is 3. The van der Waals surface area contributed by atoms with Crippen LogP contribution in [-0.4, -0.2) is 36.2 Å². The monoisotopic (exact) mass is 340 g/mol. The van der Waals surface area contributed by atoms with Crippen molar-refractivity contribution < 1.29 is 14.1 Å². The first-order valence-electron chi connectivity index (χ1n) is 9.23. The average Bonchev–Trinajstić information content (AvgIpc) is 3.05. The highest BCUT2D eigenvalue weighted by Crippen LogP contribution is 2.37. The number of hydrogen-bond donors (Lipinski definition) is 0. The number of hydrogen-bond acceptors (Lipinski definition) is 4. The fraction of sp³-hybridized carbons (Fsp3) is 0.500. The van der Waals surface area contributed by atoms with Gasteiger partial charge in [-0.3, -0.25) is 4.79 Å². The lowest BCUT2D eigenvalue weighted by Crippen LogP contribution is -2.34. The molecule has 1 aromatic carbocycles. The van der Waals surface area contributed by atoms with Crippen molar-refractivity contribution in [3.63, 3.8) is 0 Å². The van der Waals surface area contributed by atoms with E-state index in [1.165, 1.54) is 24.8 Å². The van der Waals surface area contributed by atoms with Crippen molar-refractivity contribution in [3.05, 3.63) is 35.0 Å². The maximum Gasteiger partial charge on any atom is 0.276 e. The number of benzene rings is 1. The molecule has 0 N–H and O–H groups in total. The van der Waals surface area contributed by atoms with Gasteiger partial charge in [0.05, 0.1) is 7.11 Å². The van der Waals surface area contributed by atoms with E-state index in [-0.39, 0.29) is 5.91 Å². The summed E-state index contributed by atoms with van der Waals surface area (Å²) in [5, 5.41) is 4.17. The minimum Gasteiger partial charge on any atom is -0.497 e. The van der Waals surface area contributed by atoms with Crippen molar-refractivity contribution in [3.8, 4) is 17.1 Å². The molecule has 0 radical (unpaired) electrons. The fourth-order valence-electron chi connectivity index (χ4n) is 3.89. The Morgan fingerprint density at radius 2 is 1.88 bits per heavy atom. The van der Waals surface area contributed by atoms with Gasteiger partial charge in [0.15, 0.2) is 11.5 Å². The number of aryl methyl sites for hydroxylation is 1. The second-order valence-electron chi connectivity index (χ2n) is 6.92. The summed E-state index contributed by atoms with van der Waals surface area (Å²) in [4.78, 5) is 15.0. The summed E-state index contributed by atoms with van der Waals surface area (Å²) in [6.07, 6.45) is 7.53. The summed E-state index contributed by atoms with van der Waals surface area (Å²) in [7, 11) is 1.66. The molecule has 0 bridgehead atoms. The van der Waals surface area contributed by atoms with Gasteiger partial charge in [0.25, 0.3) is 5.91 Å². The molecule has 5 heteroatoms. The number of amides is 1. The Kier molecular flexibility index (Phi) is 4.47. The molecule has 0 spiro atoms. The SMILES string of the molecule is COc1ccc2c(c1)-c1onc(C(=O)N3CCCCCCC3)c1CC2. The van der Waals surface area contributed by atoms with E-state index in [0.717, 1.165) is 61.4 Å². The maximum absolute atomic E-state index is 13.0. The smallest absolute Gasteiger partial charge is 0.276 e. The summed E-state index contributed by atoms with van der Waals surface area (Å²) < 4.78 is 11.0. The van der Waals surface area contributed by atoms with E-state index in [4.69, 9.17) is 9.26 Å². The predicted molar refractivity (Wildman–Crippen MR) is 94.9 cm³/mol. The van der Waals surface area contributed by atoms with Crippen LogP contribution in [0.15, 0.2) is 22.7 Å². The van der Waals surface area contributed by atoms with Crippen LogP contribution in [0.4, 0.5) is 0 Å². The lowest BCUT2D eigenvalue weighted by Gasteiger charge is -2.24. The molecule has 2 aliphatic rings. The standard InChI is InChI=1S/C20H24N2O3/c1-24-15-9-7-14-8-10-16-18(21-25-19(16)17(14)13-15)20(23)22-11-5-3-2-4-6-12-22/h7,9,13H,2-6,8,10-12H2,1H3. The van der Waals surface area contributed by atoms with Crippen molar-refractivity contribution in [2.24, 2.45) is 0 Å². The molecule has 0 saturated carbocycles. The molecule has 2 heterocycles. The minimum atomic E-state index is 0.0262. The molecule has 1 amide bonds. The molecule has 1 aliphatic carbocycles. The lowest BCUT2D eigenvalue weighted by molar-refractivity contribution is 0.0731. The first-order valence-corrected chi connectivity index (χ1v) is 9.23. The zero-order valence-corrected chi connectivity index (χ0v) is 14.7. The Morgan fingerprint density at radius 3 is 2.64 bits per heavy atom. The molecule has 132 valence electrons. The Hall–Kier alpha value is -2.30. The summed E-state index contributed by atoms with van der Waals surface area (Å²) >= 11 is 0. The molecule has 4 rings (SSSR count). The molecule has 1 saturated heterocycles. The van der Waals surface area contributed by atoms with E-state index in [0.29, 0.717) is 5.69 Å². The van der Waals surface area contributed by atoms with Crippen LogP contribution in [0, 0.1) is 0 Å². The highest BCUT2D eigenvalue weighted by Gasteiger charge is 2.30. The van der Waals surface area contributed by atoms with E-state index >= 15 is 0 Å². The Balaban J connectivity index is 1.65. The van der Waals surface area contributed by atoms with Crippen molar-refractivity contribution in [2.45, 2.75) is 44.9 Å². The van der Waals surface area contributed by atoms with Gasteiger partial charge in [0.1, 0.15) is 5.75 Å². The first-order chi connectivity index (χ1) is 12.3. The van der Waals surface area contributed by atoms with Gasteiger partial charge < -0.3 is 14.2 Å². The average molecular weight is 340 g/mol. The highest BCUT2D eigenvalue weighted by atomic mass is 16.5. The lowest BCUT2D eigenvalue weighted by atomic mass is 9.89. The van der Waals surface area contributed by atoms with Crippen LogP contribution >= 0.6 is 0 Å². The number of carbonyl (C=O) groups excluding carboxylic acids is 1. The van der Waals surface area contributed by atoms with E-state index in [1.807, 2.05) is 17.0 Å². The van der Waals surface area contributed by atoms with Crippen molar-refractivity contribution >= 4 is 5.91 Å². The topological polar surface area (TPSA) is 55.6 Å². The van der Waals surface area contributed by atoms with Gasteiger partial charge in [-0.25, -0.2) is 0 Å². The second-order valence-corrected chi connectivity index (χ2v) is 6.92. The summed E-state index contributed by atoms with van der Waals surface area (Å²) in [5.74, 6) is 1.55. The van der Waals surface area contributed by atoms with E-state index in [2.05, 4.69) is 11.2 Å². The van der Waals surface area contributed by atoms with Crippen LogP contribution in [0.25, 0.3) is 11.3 Å². The van der Waals surface area contributed by atoms with Gasteiger partial charge >= 0.3 is 0 Å². The number of nitrogens with zero attached hydrogens (tertiary/aromatic N) is 2. The van der Waals surface area contributed by atoms with E-state index in [9.17, 15) is 4.79 Å². The van der Waals surface area contributed by atoms with Crippen molar-refractivity contribution in [1.82, 2.24) is 10.1 Å². The Bertz CT molecular complexity index is 773. The number of carbonyl (C=O) groups is 1. The third-order valence-electron chi connectivity index (χ3n) is 5.34. The van der Waals surface area contributed by atoms with Gasteiger partial charge in [0.2, 0.25) is 0 Å².